The highest BCUT2D eigenvalue weighted by molar-refractivity contribution is 6.33. The summed E-state index contributed by atoms with van der Waals surface area (Å²) in [5.74, 6) is -0.0524. The molecule has 268 valence electrons. The molecule has 50 heavy (non-hydrogen) atoms. The van der Waals surface area contributed by atoms with Crippen molar-refractivity contribution in [3.05, 3.63) is 64.2 Å². The number of ether oxygens (including phenoxy) is 3. The molecule has 13 nitrogen and oxygen atoms in total. The van der Waals surface area contributed by atoms with E-state index in [-0.39, 0.29) is 13.1 Å². The van der Waals surface area contributed by atoms with Crippen molar-refractivity contribution >= 4 is 34.4 Å². The van der Waals surface area contributed by atoms with E-state index in [2.05, 4.69) is 16.0 Å². The first-order valence-corrected chi connectivity index (χ1v) is 17.3. The first-order chi connectivity index (χ1) is 24.4. The molecular weight excluding hydrogens is 640 g/mol. The van der Waals surface area contributed by atoms with Crippen molar-refractivity contribution in [2.24, 2.45) is 5.73 Å². The van der Waals surface area contributed by atoms with Gasteiger partial charge >= 0.3 is 0 Å². The van der Waals surface area contributed by atoms with Crippen LogP contribution in [0, 0.1) is 0 Å². The Kier molecular flexibility index (Phi) is 12.8. The topological polar surface area (TPSA) is 165 Å². The average molecular weight is 689 g/mol. The van der Waals surface area contributed by atoms with Crippen molar-refractivity contribution in [2.75, 3.05) is 73.7 Å². The molecule has 0 spiro atoms. The number of unbranched alkanes of at least 4 members (excludes halogenated alkanes) is 1. The van der Waals surface area contributed by atoms with Gasteiger partial charge in [0.05, 0.1) is 21.3 Å². The number of rotatable bonds is 21. The highest BCUT2D eigenvalue weighted by Crippen LogP contribution is 2.40. The Morgan fingerprint density at radius 2 is 0.980 bits per heavy atom. The number of carbonyl (C=O) groups excluding carboxylic acids is 4. The van der Waals surface area contributed by atoms with Crippen LogP contribution < -0.4 is 35.9 Å². The number of carbonyl (C=O) groups is 4. The van der Waals surface area contributed by atoms with Crippen LogP contribution in [0.2, 0.25) is 0 Å². The Hall–Kier alpha value is -4.56. The predicted molar refractivity (Wildman–Crippen MR) is 190 cm³/mol. The van der Waals surface area contributed by atoms with Gasteiger partial charge in [-0.05, 0) is 102 Å². The fraction of sp³-hybridized carbons (Fsp3) is 0.459. The summed E-state index contributed by atoms with van der Waals surface area (Å²) in [6.45, 7) is 5.59. The van der Waals surface area contributed by atoms with Crippen LogP contribution in [0.5, 0.6) is 17.2 Å². The van der Waals surface area contributed by atoms with Crippen LogP contribution in [0.3, 0.4) is 0 Å². The summed E-state index contributed by atoms with van der Waals surface area (Å²) in [5, 5.41) is 10.9. The zero-order valence-electron chi connectivity index (χ0n) is 29.2. The molecular formula is C37H48N6O7. The third-order valence-corrected chi connectivity index (χ3v) is 9.15. The largest absolute Gasteiger partial charge is 0.493 e. The number of benzene rings is 3. The van der Waals surface area contributed by atoms with E-state index in [0.717, 1.165) is 44.5 Å². The Morgan fingerprint density at radius 1 is 0.540 bits per heavy atom. The third kappa shape index (κ3) is 7.60. The van der Waals surface area contributed by atoms with Gasteiger partial charge in [-0.2, -0.15) is 0 Å². The summed E-state index contributed by atoms with van der Waals surface area (Å²) in [4.78, 5) is 56.9. The SMILES string of the molecule is COc1ccc(CNCCCN2C(=O)c3ccc4c5c(ccc(c35)C2=O)C(=O)N(CCCNCCCCNCCCN)C4=O)c(OC)c1OC. The third-order valence-electron chi connectivity index (χ3n) is 9.15. The van der Waals surface area contributed by atoms with E-state index in [9.17, 15) is 19.2 Å². The molecule has 2 aliphatic heterocycles. The number of hydrogen-bond acceptors (Lipinski definition) is 11. The maximum atomic E-state index is 13.6. The van der Waals surface area contributed by atoms with Crippen molar-refractivity contribution in [1.82, 2.24) is 25.8 Å². The minimum atomic E-state index is -0.437. The molecule has 0 saturated carbocycles. The van der Waals surface area contributed by atoms with Crippen molar-refractivity contribution in [2.45, 2.75) is 38.6 Å². The maximum Gasteiger partial charge on any atom is 0.261 e. The maximum absolute atomic E-state index is 13.6. The van der Waals surface area contributed by atoms with Crippen LogP contribution in [0.1, 0.15) is 79.1 Å². The Balaban J connectivity index is 1.17. The first-order valence-electron chi connectivity index (χ1n) is 17.3. The average Bonchev–Trinajstić information content (AvgIpc) is 3.13. The van der Waals surface area contributed by atoms with Crippen LogP contribution >= 0.6 is 0 Å². The monoisotopic (exact) mass is 688 g/mol. The molecule has 0 saturated heterocycles. The van der Waals surface area contributed by atoms with E-state index in [4.69, 9.17) is 19.9 Å². The summed E-state index contributed by atoms with van der Waals surface area (Å²) in [7, 11) is 4.68. The number of methoxy groups -OCH3 is 3. The quantitative estimate of drug-likeness (QED) is 0.0961. The molecule has 5 N–H and O–H groups in total. The van der Waals surface area contributed by atoms with Gasteiger partial charge in [0.1, 0.15) is 0 Å². The number of imide groups is 2. The second-order valence-electron chi connectivity index (χ2n) is 12.3. The molecule has 13 heteroatoms. The lowest BCUT2D eigenvalue weighted by molar-refractivity contribution is 0.0587. The molecule has 4 amide bonds. The molecule has 3 aromatic rings. The molecule has 0 atom stereocenters. The lowest BCUT2D eigenvalue weighted by Gasteiger charge is -2.32. The van der Waals surface area contributed by atoms with E-state index >= 15 is 0 Å². The number of nitrogens with one attached hydrogen (secondary N) is 3. The van der Waals surface area contributed by atoms with Crippen molar-refractivity contribution in [3.63, 3.8) is 0 Å². The van der Waals surface area contributed by atoms with Gasteiger partial charge in [-0.1, -0.05) is 6.07 Å². The normalized spacial score (nSPS) is 13.8. The van der Waals surface area contributed by atoms with Crippen LogP contribution in [0.15, 0.2) is 36.4 Å². The Labute approximate surface area is 292 Å². The highest BCUT2D eigenvalue weighted by atomic mass is 16.5. The fourth-order valence-corrected chi connectivity index (χ4v) is 6.61. The van der Waals surface area contributed by atoms with Crippen molar-refractivity contribution in [1.29, 1.82) is 0 Å². The van der Waals surface area contributed by atoms with Gasteiger partial charge < -0.3 is 35.9 Å². The molecule has 5 rings (SSSR count). The molecule has 0 unspecified atom stereocenters. The van der Waals surface area contributed by atoms with E-state index in [0.29, 0.717) is 89.3 Å². The van der Waals surface area contributed by atoms with Crippen LogP contribution in [-0.4, -0.2) is 107 Å². The molecule has 2 aliphatic rings. The van der Waals surface area contributed by atoms with Gasteiger partial charge in [-0.3, -0.25) is 29.0 Å². The van der Waals surface area contributed by atoms with Gasteiger partial charge in [0.2, 0.25) is 5.75 Å². The second kappa shape index (κ2) is 17.4. The molecule has 2 heterocycles. The van der Waals surface area contributed by atoms with Gasteiger partial charge in [0.25, 0.3) is 23.6 Å². The van der Waals surface area contributed by atoms with Gasteiger partial charge in [0.15, 0.2) is 11.5 Å². The van der Waals surface area contributed by atoms with Gasteiger partial charge in [0, 0.05) is 58.2 Å². The lowest BCUT2D eigenvalue weighted by Crippen LogP contribution is -2.44. The summed E-state index contributed by atoms with van der Waals surface area (Å²) >= 11 is 0. The molecule has 0 bridgehead atoms. The van der Waals surface area contributed by atoms with E-state index in [1.54, 1.807) is 45.6 Å². The van der Waals surface area contributed by atoms with E-state index in [1.165, 1.54) is 9.80 Å². The summed E-state index contributed by atoms with van der Waals surface area (Å²) in [6.07, 6.45) is 4.18. The molecule has 0 fully saturated rings. The summed E-state index contributed by atoms with van der Waals surface area (Å²) < 4.78 is 16.4. The molecule has 0 radical (unpaired) electrons. The smallest absolute Gasteiger partial charge is 0.261 e. The van der Waals surface area contributed by atoms with Crippen LogP contribution in [-0.2, 0) is 6.54 Å². The Morgan fingerprint density at radius 3 is 1.42 bits per heavy atom. The fourth-order valence-electron chi connectivity index (χ4n) is 6.61. The highest BCUT2D eigenvalue weighted by Gasteiger charge is 2.39. The predicted octanol–water partition coefficient (Wildman–Crippen LogP) is 2.94. The lowest BCUT2D eigenvalue weighted by atomic mass is 9.86. The van der Waals surface area contributed by atoms with Crippen molar-refractivity contribution in [3.8, 4) is 17.2 Å². The van der Waals surface area contributed by atoms with Gasteiger partial charge in [-0.15, -0.1) is 0 Å². The number of amides is 4. The minimum Gasteiger partial charge on any atom is -0.493 e. The van der Waals surface area contributed by atoms with E-state index < -0.39 is 23.6 Å². The van der Waals surface area contributed by atoms with Gasteiger partial charge in [-0.25, -0.2) is 0 Å². The first kappa shape index (κ1) is 36.7. The minimum absolute atomic E-state index is 0.198. The standard InChI is InChI=1S/C37H48N6O7/c1-48-29-14-9-24(32(49-2)33(29)50-3)23-41-20-8-22-43-36(46)27-12-10-25-30-26(11-13-28(31(27)30)37(43)47)35(45)42(34(25)44)21-7-19-40-17-5-4-16-39-18-6-15-38/h9-14,39-41H,4-8,15-23,38H2,1-3H3. The number of hydrogen-bond donors (Lipinski definition) is 4. The summed E-state index contributed by atoms with van der Waals surface area (Å²) in [5.41, 5.74) is 7.67. The zero-order valence-corrected chi connectivity index (χ0v) is 29.2. The number of nitrogens with zero attached hydrogens (tertiary/aromatic N) is 2. The molecule has 3 aromatic carbocycles. The summed E-state index contributed by atoms with van der Waals surface area (Å²) in [6, 6.07) is 10.1. The Bertz CT molecular complexity index is 1660. The van der Waals surface area contributed by atoms with Crippen LogP contribution in [0.25, 0.3) is 10.8 Å². The van der Waals surface area contributed by atoms with Crippen LogP contribution in [0.4, 0.5) is 0 Å². The zero-order chi connectivity index (χ0) is 35.6. The van der Waals surface area contributed by atoms with E-state index in [1.807, 2.05) is 12.1 Å². The molecule has 0 aromatic heterocycles. The number of nitrogens with two attached hydrogens (primary N) is 1. The van der Waals surface area contributed by atoms with Crippen molar-refractivity contribution < 1.29 is 33.4 Å². The molecule has 0 aliphatic carbocycles. The second-order valence-corrected chi connectivity index (χ2v) is 12.3.